The van der Waals surface area contributed by atoms with Gasteiger partial charge >= 0.3 is 0 Å². The average molecular weight is 308 g/mol. The van der Waals surface area contributed by atoms with E-state index in [0.29, 0.717) is 12.8 Å². The van der Waals surface area contributed by atoms with Crippen molar-refractivity contribution in [3.63, 3.8) is 0 Å². The van der Waals surface area contributed by atoms with Crippen LogP contribution in [0.15, 0.2) is 18.2 Å². The standard InChI is InChI=1S/C16H18F2N2O2/c17-14-6-5-13(10-15(14)18)22-9-3-4-12(11-19)16(21)20-7-1-2-8-20/h5-6,10,12H,1-4,7-9H2. The first kappa shape index (κ1) is 16.2. The van der Waals surface area contributed by atoms with Gasteiger partial charge in [0.25, 0.3) is 0 Å². The number of ether oxygens (including phenoxy) is 1. The predicted octanol–water partition coefficient (Wildman–Crippen LogP) is 2.89. The lowest BCUT2D eigenvalue weighted by molar-refractivity contribution is -0.132. The number of rotatable bonds is 6. The second kappa shape index (κ2) is 7.74. The van der Waals surface area contributed by atoms with Gasteiger partial charge in [-0.15, -0.1) is 0 Å². The van der Waals surface area contributed by atoms with Crippen molar-refractivity contribution in [1.29, 1.82) is 5.26 Å². The maximum absolute atomic E-state index is 13.0. The zero-order valence-corrected chi connectivity index (χ0v) is 12.2. The minimum absolute atomic E-state index is 0.118. The van der Waals surface area contributed by atoms with Crippen LogP contribution in [0, 0.1) is 28.9 Å². The number of likely N-dealkylation sites (tertiary alicyclic amines) is 1. The molecule has 0 saturated carbocycles. The Hall–Kier alpha value is -2.16. The molecule has 22 heavy (non-hydrogen) atoms. The lowest BCUT2D eigenvalue weighted by Gasteiger charge is -2.18. The SMILES string of the molecule is N#CC(CCCOc1ccc(F)c(F)c1)C(=O)N1CCCC1. The van der Waals surface area contributed by atoms with E-state index in [1.165, 1.54) is 6.07 Å². The molecule has 1 aromatic rings. The third-order valence-corrected chi connectivity index (χ3v) is 3.67. The summed E-state index contributed by atoms with van der Waals surface area (Å²) in [6.45, 7) is 1.70. The van der Waals surface area contributed by atoms with Gasteiger partial charge in [-0.1, -0.05) is 0 Å². The summed E-state index contributed by atoms with van der Waals surface area (Å²) in [5.74, 6) is -2.43. The number of amides is 1. The van der Waals surface area contributed by atoms with E-state index in [-0.39, 0.29) is 18.3 Å². The van der Waals surface area contributed by atoms with Crippen LogP contribution in [0.5, 0.6) is 5.75 Å². The molecular weight excluding hydrogens is 290 g/mol. The number of hydrogen-bond acceptors (Lipinski definition) is 3. The van der Waals surface area contributed by atoms with E-state index >= 15 is 0 Å². The summed E-state index contributed by atoms with van der Waals surface area (Å²) in [6, 6.07) is 5.36. The molecule has 1 saturated heterocycles. The Morgan fingerprint density at radius 2 is 2.05 bits per heavy atom. The van der Waals surface area contributed by atoms with Crippen molar-refractivity contribution in [2.75, 3.05) is 19.7 Å². The first-order valence-electron chi connectivity index (χ1n) is 7.38. The highest BCUT2D eigenvalue weighted by molar-refractivity contribution is 5.81. The summed E-state index contributed by atoms with van der Waals surface area (Å²) in [5, 5.41) is 9.11. The van der Waals surface area contributed by atoms with E-state index in [4.69, 9.17) is 10.00 Å². The zero-order chi connectivity index (χ0) is 15.9. The molecule has 1 unspecified atom stereocenters. The number of halogens is 2. The van der Waals surface area contributed by atoms with Crippen LogP contribution in [0.3, 0.4) is 0 Å². The van der Waals surface area contributed by atoms with Crippen molar-refractivity contribution in [3.8, 4) is 11.8 Å². The molecule has 1 amide bonds. The quantitative estimate of drug-likeness (QED) is 0.759. The molecule has 0 N–H and O–H groups in total. The van der Waals surface area contributed by atoms with E-state index in [2.05, 4.69) is 0 Å². The highest BCUT2D eigenvalue weighted by Crippen LogP contribution is 2.18. The van der Waals surface area contributed by atoms with Gasteiger partial charge in [-0.3, -0.25) is 4.79 Å². The first-order valence-corrected chi connectivity index (χ1v) is 7.38. The van der Waals surface area contributed by atoms with Crippen LogP contribution in [0.4, 0.5) is 8.78 Å². The Bertz CT molecular complexity index is 566. The molecule has 4 nitrogen and oxygen atoms in total. The molecule has 0 aliphatic carbocycles. The third kappa shape index (κ3) is 4.17. The van der Waals surface area contributed by atoms with Crippen LogP contribution in [0.1, 0.15) is 25.7 Å². The van der Waals surface area contributed by atoms with Crippen molar-refractivity contribution in [3.05, 3.63) is 29.8 Å². The van der Waals surface area contributed by atoms with Gasteiger partial charge in [0.15, 0.2) is 11.6 Å². The molecule has 1 fully saturated rings. The van der Waals surface area contributed by atoms with Crippen molar-refractivity contribution >= 4 is 5.91 Å². The number of benzene rings is 1. The van der Waals surface area contributed by atoms with E-state index in [0.717, 1.165) is 38.1 Å². The highest BCUT2D eigenvalue weighted by atomic mass is 19.2. The van der Waals surface area contributed by atoms with Crippen LogP contribution in [0.25, 0.3) is 0 Å². The normalized spacial score (nSPS) is 15.4. The van der Waals surface area contributed by atoms with Gasteiger partial charge in [0.1, 0.15) is 11.7 Å². The van der Waals surface area contributed by atoms with Crippen molar-refractivity contribution in [1.82, 2.24) is 4.90 Å². The van der Waals surface area contributed by atoms with Crippen LogP contribution < -0.4 is 4.74 Å². The Morgan fingerprint density at radius 1 is 1.32 bits per heavy atom. The van der Waals surface area contributed by atoms with Crippen LogP contribution in [-0.2, 0) is 4.79 Å². The Morgan fingerprint density at radius 3 is 2.68 bits per heavy atom. The number of nitriles is 1. The van der Waals surface area contributed by atoms with Gasteiger partial charge in [0, 0.05) is 19.2 Å². The fourth-order valence-corrected chi connectivity index (χ4v) is 2.45. The number of carbonyl (C=O) groups is 1. The Kier molecular flexibility index (Phi) is 5.70. The molecule has 1 aliphatic heterocycles. The van der Waals surface area contributed by atoms with Gasteiger partial charge in [0.2, 0.25) is 5.91 Å². The summed E-state index contributed by atoms with van der Waals surface area (Å²) >= 11 is 0. The first-order chi connectivity index (χ1) is 10.6. The smallest absolute Gasteiger partial charge is 0.239 e. The second-order valence-electron chi connectivity index (χ2n) is 5.28. The topological polar surface area (TPSA) is 53.3 Å². The Balaban J connectivity index is 1.75. The molecule has 118 valence electrons. The summed E-state index contributed by atoms with van der Waals surface area (Å²) in [7, 11) is 0. The fourth-order valence-electron chi connectivity index (χ4n) is 2.45. The van der Waals surface area contributed by atoms with Crippen molar-refractivity contribution in [2.24, 2.45) is 5.92 Å². The van der Waals surface area contributed by atoms with Gasteiger partial charge in [-0.05, 0) is 37.8 Å². The van der Waals surface area contributed by atoms with Crippen LogP contribution in [-0.4, -0.2) is 30.5 Å². The van der Waals surface area contributed by atoms with E-state index in [1.54, 1.807) is 4.90 Å². The van der Waals surface area contributed by atoms with Crippen LogP contribution >= 0.6 is 0 Å². The van der Waals surface area contributed by atoms with Gasteiger partial charge in [-0.25, -0.2) is 8.78 Å². The molecule has 1 heterocycles. The van der Waals surface area contributed by atoms with Crippen molar-refractivity contribution in [2.45, 2.75) is 25.7 Å². The zero-order valence-electron chi connectivity index (χ0n) is 12.2. The van der Waals surface area contributed by atoms with Crippen molar-refractivity contribution < 1.29 is 18.3 Å². The van der Waals surface area contributed by atoms with Gasteiger partial charge < -0.3 is 9.64 Å². The fraction of sp³-hybridized carbons (Fsp3) is 0.500. The minimum Gasteiger partial charge on any atom is -0.493 e. The lowest BCUT2D eigenvalue weighted by Crippen LogP contribution is -2.33. The predicted molar refractivity (Wildman–Crippen MR) is 76.0 cm³/mol. The average Bonchev–Trinajstić information content (AvgIpc) is 3.04. The molecule has 2 rings (SSSR count). The highest BCUT2D eigenvalue weighted by Gasteiger charge is 2.25. The van der Waals surface area contributed by atoms with Crippen LogP contribution in [0.2, 0.25) is 0 Å². The maximum Gasteiger partial charge on any atom is 0.239 e. The molecule has 1 atom stereocenters. The molecule has 0 bridgehead atoms. The summed E-state index contributed by atoms with van der Waals surface area (Å²) in [4.78, 5) is 13.8. The molecule has 1 aliphatic rings. The largest absolute Gasteiger partial charge is 0.493 e. The molecule has 0 aromatic heterocycles. The lowest BCUT2D eigenvalue weighted by atomic mass is 10.0. The van der Waals surface area contributed by atoms with Gasteiger partial charge in [-0.2, -0.15) is 5.26 Å². The molecule has 6 heteroatoms. The summed E-state index contributed by atoms with van der Waals surface area (Å²) in [6.07, 6.45) is 2.87. The monoisotopic (exact) mass is 308 g/mol. The number of nitrogens with zero attached hydrogens (tertiary/aromatic N) is 2. The van der Waals surface area contributed by atoms with Gasteiger partial charge in [0.05, 0.1) is 12.7 Å². The molecule has 0 radical (unpaired) electrons. The van der Waals surface area contributed by atoms with E-state index in [1.807, 2.05) is 6.07 Å². The number of carbonyl (C=O) groups excluding carboxylic acids is 1. The number of hydrogen-bond donors (Lipinski definition) is 0. The summed E-state index contributed by atoms with van der Waals surface area (Å²) in [5.41, 5.74) is 0. The Labute approximate surface area is 128 Å². The minimum atomic E-state index is -0.961. The summed E-state index contributed by atoms with van der Waals surface area (Å²) < 4.78 is 31.1. The van der Waals surface area contributed by atoms with E-state index in [9.17, 15) is 13.6 Å². The second-order valence-corrected chi connectivity index (χ2v) is 5.28. The molecule has 1 aromatic carbocycles. The molecular formula is C16H18F2N2O2. The third-order valence-electron chi connectivity index (χ3n) is 3.67. The molecule has 0 spiro atoms. The maximum atomic E-state index is 13.0. The van der Waals surface area contributed by atoms with E-state index < -0.39 is 17.6 Å².